The number of rotatable bonds is 6. The van der Waals surface area contributed by atoms with Gasteiger partial charge in [-0.1, -0.05) is 13.0 Å². The van der Waals surface area contributed by atoms with Crippen LogP contribution in [0.4, 0.5) is 8.78 Å². The zero-order valence-electron chi connectivity index (χ0n) is 15.1. The fourth-order valence-corrected chi connectivity index (χ4v) is 2.37. The molecule has 1 heterocycles. The molecule has 1 aromatic carbocycles. The third-order valence-corrected chi connectivity index (χ3v) is 4.60. The summed E-state index contributed by atoms with van der Waals surface area (Å²) in [5, 5.41) is 0. The van der Waals surface area contributed by atoms with E-state index in [2.05, 4.69) is 0 Å². The van der Waals surface area contributed by atoms with Crippen LogP contribution in [-0.2, 0) is 20.7 Å². The molecule has 0 unspecified atom stereocenters. The second-order valence-electron chi connectivity index (χ2n) is 6.97. The molecule has 1 aromatic rings. The molecule has 1 aliphatic heterocycles. The highest BCUT2D eigenvalue weighted by molar-refractivity contribution is 6.62. The molecule has 1 saturated heterocycles. The maximum Gasteiger partial charge on any atom is 0.495 e. The van der Waals surface area contributed by atoms with E-state index in [1.807, 2.05) is 27.7 Å². The van der Waals surface area contributed by atoms with Crippen molar-refractivity contribution >= 4 is 12.6 Å². The smallest absolute Gasteiger partial charge is 0.433 e. The summed E-state index contributed by atoms with van der Waals surface area (Å²) >= 11 is 0. The van der Waals surface area contributed by atoms with Crippen molar-refractivity contribution in [2.24, 2.45) is 0 Å². The van der Waals surface area contributed by atoms with Crippen LogP contribution in [0.5, 0.6) is 5.75 Å². The van der Waals surface area contributed by atoms with Crippen molar-refractivity contribution in [2.45, 2.75) is 65.0 Å². The Morgan fingerprint density at radius 1 is 1.12 bits per heavy atom. The number of alkyl halides is 2. The molecule has 24 heavy (non-hydrogen) atoms. The van der Waals surface area contributed by atoms with E-state index >= 15 is 0 Å². The Morgan fingerprint density at radius 3 is 2.21 bits per heavy atom. The standard InChI is InChI=1S/C17H25BF2O4/c1-7-17(19,20)22-13-8-9-14(12(10-13)11-21-6)18-23-15(2,3)16(4,5)24-18/h8-10H,7,11H2,1-6H3. The summed E-state index contributed by atoms with van der Waals surface area (Å²) in [6.45, 7) is 9.46. The number of hydrogen-bond acceptors (Lipinski definition) is 4. The molecule has 0 N–H and O–H groups in total. The van der Waals surface area contributed by atoms with Gasteiger partial charge in [-0.2, -0.15) is 8.78 Å². The minimum absolute atomic E-state index is 0.0918. The first kappa shape index (κ1) is 19.2. The van der Waals surface area contributed by atoms with Crippen molar-refractivity contribution in [3.05, 3.63) is 23.8 Å². The zero-order valence-corrected chi connectivity index (χ0v) is 15.1. The fraction of sp³-hybridized carbons (Fsp3) is 0.647. The molecule has 2 rings (SSSR count). The minimum Gasteiger partial charge on any atom is -0.433 e. The first-order chi connectivity index (χ1) is 11.0. The summed E-state index contributed by atoms with van der Waals surface area (Å²) in [7, 11) is 0.961. The number of ether oxygens (including phenoxy) is 2. The molecular weight excluding hydrogens is 317 g/mol. The van der Waals surface area contributed by atoms with Crippen molar-refractivity contribution in [3.63, 3.8) is 0 Å². The van der Waals surface area contributed by atoms with Crippen LogP contribution in [0, 0.1) is 0 Å². The normalized spacial score (nSPS) is 19.6. The van der Waals surface area contributed by atoms with Crippen LogP contribution in [-0.4, -0.2) is 31.5 Å². The van der Waals surface area contributed by atoms with Crippen LogP contribution in [0.1, 0.15) is 46.6 Å². The zero-order chi connectivity index (χ0) is 18.2. The van der Waals surface area contributed by atoms with Crippen LogP contribution < -0.4 is 10.2 Å². The molecule has 0 radical (unpaired) electrons. The van der Waals surface area contributed by atoms with Gasteiger partial charge in [-0.25, -0.2) is 0 Å². The lowest BCUT2D eigenvalue weighted by molar-refractivity contribution is -0.177. The molecular formula is C17H25BF2O4. The molecule has 134 valence electrons. The van der Waals surface area contributed by atoms with Gasteiger partial charge in [-0.05, 0) is 50.9 Å². The molecule has 0 aliphatic carbocycles. The van der Waals surface area contributed by atoms with Crippen LogP contribution >= 0.6 is 0 Å². The second-order valence-corrected chi connectivity index (χ2v) is 6.97. The maximum atomic E-state index is 13.5. The first-order valence-electron chi connectivity index (χ1n) is 8.05. The highest BCUT2D eigenvalue weighted by atomic mass is 19.3. The largest absolute Gasteiger partial charge is 0.495 e. The lowest BCUT2D eigenvalue weighted by Crippen LogP contribution is -2.41. The summed E-state index contributed by atoms with van der Waals surface area (Å²) in [6, 6.07) is 4.74. The third-order valence-electron chi connectivity index (χ3n) is 4.60. The van der Waals surface area contributed by atoms with Crippen molar-refractivity contribution in [1.82, 2.24) is 0 Å². The van der Waals surface area contributed by atoms with Crippen molar-refractivity contribution in [3.8, 4) is 5.75 Å². The Labute approximate surface area is 142 Å². The summed E-state index contributed by atoms with van der Waals surface area (Å²) in [5.74, 6) is 0.0918. The molecule has 0 amide bonds. The molecule has 4 nitrogen and oxygen atoms in total. The highest BCUT2D eigenvalue weighted by Crippen LogP contribution is 2.37. The first-order valence-corrected chi connectivity index (χ1v) is 8.05. The Kier molecular flexibility index (Phi) is 5.28. The van der Waals surface area contributed by atoms with Crippen molar-refractivity contribution < 1.29 is 27.6 Å². The predicted molar refractivity (Wildman–Crippen MR) is 88.7 cm³/mol. The molecule has 1 fully saturated rings. The summed E-state index contributed by atoms with van der Waals surface area (Å²) in [6.07, 6.45) is -3.60. The number of halogens is 2. The SMILES string of the molecule is CCC(F)(F)Oc1ccc(B2OC(C)(C)C(C)(C)O2)c(COC)c1. The third kappa shape index (κ3) is 3.90. The summed E-state index contributed by atoms with van der Waals surface area (Å²) < 4.78 is 48.9. The summed E-state index contributed by atoms with van der Waals surface area (Å²) in [4.78, 5) is 0. The van der Waals surface area contributed by atoms with Gasteiger partial charge in [0.25, 0.3) is 0 Å². The van der Waals surface area contributed by atoms with E-state index in [-0.39, 0.29) is 12.4 Å². The predicted octanol–water partition coefficient (Wildman–Crippen LogP) is 3.51. The van der Waals surface area contributed by atoms with E-state index in [1.165, 1.54) is 13.0 Å². The van der Waals surface area contributed by atoms with E-state index in [0.717, 1.165) is 5.46 Å². The lowest BCUT2D eigenvalue weighted by Gasteiger charge is -2.32. The molecule has 0 atom stereocenters. The van der Waals surface area contributed by atoms with Gasteiger partial charge in [-0.15, -0.1) is 0 Å². The van der Waals surface area contributed by atoms with Gasteiger partial charge in [0.2, 0.25) is 0 Å². The maximum absolute atomic E-state index is 13.5. The van der Waals surface area contributed by atoms with Gasteiger partial charge in [-0.3, -0.25) is 0 Å². The van der Waals surface area contributed by atoms with Gasteiger partial charge >= 0.3 is 13.2 Å². The number of hydrogen-bond donors (Lipinski definition) is 0. The Balaban J connectivity index is 2.31. The Hall–Kier alpha value is -1.18. The van der Waals surface area contributed by atoms with Gasteiger partial charge < -0.3 is 18.8 Å². The Bertz CT molecular complexity index is 574. The van der Waals surface area contributed by atoms with Crippen molar-refractivity contribution in [2.75, 3.05) is 7.11 Å². The molecule has 0 saturated carbocycles. The number of benzene rings is 1. The van der Waals surface area contributed by atoms with Crippen LogP contribution in [0.2, 0.25) is 0 Å². The van der Waals surface area contributed by atoms with Gasteiger partial charge in [0, 0.05) is 13.5 Å². The van der Waals surface area contributed by atoms with E-state index in [4.69, 9.17) is 18.8 Å². The average molecular weight is 342 g/mol. The summed E-state index contributed by atoms with van der Waals surface area (Å²) in [5.41, 5.74) is 0.488. The topological polar surface area (TPSA) is 36.9 Å². The number of methoxy groups -OCH3 is 1. The van der Waals surface area contributed by atoms with Gasteiger partial charge in [0.15, 0.2) is 0 Å². The second kappa shape index (κ2) is 6.62. The minimum atomic E-state index is -3.20. The molecule has 0 bridgehead atoms. The monoisotopic (exact) mass is 342 g/mol. The molecule has 7 heteroatoms. The van der Waals surface area contributed by atoms with E-state index in [1.54, 1.807) is 19.2 Å². The molecule has 0 spiro atoms. The van der Waals surface area contributed by atoms with E-state index in [9.17, 15) is 8.78 Å². The van der Waals surface area contributed by atoms with E-state index in [0.29, 0.717) is 5.56 Å². The van der Waals surface area contributed by atoms with Crippen LogP contribution in [0.25, 0.3) is 0 Å². The quantitative estimate of drug-likeness (QED) is 0.742. The van der Waals surface area contributed by atoms with Crippen LogP contribution in [0.3, 0.4) is 0 Å². The van der Waals surface area contributed by atoms with Gasteiger partial charge in [0.1, 0.15) is 5.75 Å². The molecule has 1 aliphatic rings. The lowest BCUT2D eigenvalue weighted by atomic mass is 9.76. The van der Waals surface area contributed by atoms with Gasteiger partial charge in [0.05, 0.1) is 17.8 Å². The fourth-order valence-electron chi connectivity index (χ4n) is 2.37. The van der Waals surface area contributed by atoms with E-state index < -0.39 is 30.8 Å². The van der Waals surface area contributed by atoms with Crippen molar-refractivity contribution in [1.29, 1.82) is 0 Å². The molecule has 0 aromatic heterocycles. The average Bonchev–Trinajstić information content (AvgIpc) is 2.67. The Morgan fingerprint density at radius 2 is 1.71 bits per heavy atom. The highest BCUT2D eigenvalue weighted by Gasteiger charge is 2.52. The van der Waals surface area contributed by atoms with Crippen LogP contribution in [0.15, 0.2) is 18.2 Å².